The Kier molecular flexibility index (Phi) is 3.10. The average molecular weight is 217 g/mol. The molecule has 2 heteroatoms. The van der Waals surface area contributed by atoms with E-state index in [0.29, 0.717) is 0 Å². The molecule has 1 aliphatic rings. The van der Waals surface area contributed by atoms with E-state index in [-0.39, 0.29) is 17.7 Å². The van der Waals surface area contributed by atoms with Gasteiger partial charge in [-0.15, -0.1) is 0 Å². The third-order valence-electron chi connectivity index (χ3n) is 3.40. The summed E-state index contributed by atoms with van der Waals surface area (Å²) < 4.78 is 0. The van der Waals surface area contributed by atoms with Crippen molar-refractivity contribution in [1.29, 1.82) is 0 Å². The Bertz CT molecular complexity index is 409. The highest BCUT2D eigenvalue weighted by Crippen LogP contribution is 2.23. The highest BCUT2D eigenvalue weighted by molar-refractivity contribution is 6.00. The number of hydrogen-bond acceptors (Lipinski definition) is 2. The molecule has 2 N–H and O–H groups in total. The van der Waals surface area contributed by atoms with E-state index < -0.39 is 0 Å². The molecule has 0 spiro atoms. The minimum absolute atomic E-state index is 0.0738. The number of fused-ring (bicyclic) bond motifs is 1. The number of aryl methyl sites for hydroxylation is 2. The molecule has 86 valence electrons. The lowest BCUT2D eigenvalue weighted by Crippen LogP contribution is -2.35. The molecule has 0 saturated heterocycles. The first kappa shape index (κ1) is 11.3. The van der Waals surface area contributed by atoms with Crippen molar-refractivity contribution in [2.24, 2.45) is 11.7 Å². The quantitative estimate of drug-likeness (QED) is 0.790. The van der Waals surface area contributed by atoms with Gasteiger partial charge in [-0.1, -0.05) is 26.0 Å². The Balaban J connectivity index is 2.25. The number of rotatable bonds is 3. The van der Waals surface area contributed by atoms with Crippen molar-refractivity contribution < 1.29 is 4.79 Å². The van der Waals surface area contributed by atoms with E-state index in [0.717, 1.165) is 18.4 Å². The molecule has 1 aromatic carbocycles. The minimum Gasteiger partial charge on any atom is -0.321 e. The fraction of sp³-hybridized carbons (Fsp3) is 0.500. The van der Waals surface area contributed by atoms with E-state index in [1.807, 2.05) is 26.0 Å². The van der Waals surface area contributed by atoms with Gasteiger partial charge in [0.2, 0.25) is 0 Å². The standard InChI is InChI=1S/C14H19NO/c1-9(2)13(15)14(16)12-7-6-10-4-3-5-11(10)8-12/h6-9,13H,3-5,15H2,1-2H3. The second-order valence-corrected chi connectivity index (χ2v) is 4.97. The molecule has 2 rings (SSSR count). The molecule has 1 unspecified atom stereocenters. The van der Waals surface area contributed by atoms with E-state index in [4.69, 9.17) is 5.73 Å². The molecule has 1 aliphatic carbocycles. The van der Waals surface area contributed by atoms with Gasteiger partial charge >= 0.3 is 0 Å². The van der Waals surface area contributed by atoms with Crippen molar-refractivity contribution in [3.05, 3.63) is 34.9 Å². The fourth-order valence-electron chi connectivity index (χ4n) is 2.22. The van der Waals surface area contributed by atoms with Crippen LogP contribution in [-0.2, 0) is 12.8 Å². The van der Waals surface area contributed by atoms with Gasteiger partial charge in [0.05, 0.1) is 6.04 Å². The van der Waals surface area contributed by atoms with E-state index in [9.17, 15) is 4.79 Å². The van der Waals surface area contributed by atoms with Gasteiger partial charge in [-0.25, -0.2) is 0 Å². The fourth-order valence-corrected chi connectivity index (χ4v) is 2.22. The summed E-state index contributed by atoms with van der Waals surface area (Å²) in [5.41, 5.74) is 9.40. The monoisotopic (exact) mass is 217 g/mol. The van der Waals surface area contributed by atoms with Crippen molar-refractivity contribution in [3.63, 3.8) is 0 Å². The summed E-state index contributed by atoms with van der Waals surface area (Å²) in [5, 5.41) is 0. The molecule has 16 heavy (non-hydrogen) atoms. The molecule has 0 heterocycles. The zero-order chi connectivity index (χ0) is 11.7. The average Bonchev–Trinajstić information content (AvgIpc) is 2.73. The van der Waals surface area contributed by atoms with Gasteiger partial charge in [-0.2, -0.15) is 0 Å². The van der Waals surface area contributed by atoms with E-state index in [1.54, 1.807) is 0 Å². The molecule has 0 aliphatic heterocycles. The van der Waals surface area contributed by atoms with E-state index >= 15 is 0 Å². The Morgan fingerprint density at radius 1 is 1.25 bits per heavy atom. The highest BCUT2D eigenvalue weighted by Gasteiger charge is 2.20. The Labute approximate surface area is 96.8 Å². The topological polar surface area (TPSA) is 43.1 Å². The Hall–Kier alpha value is -1.15. The Morgan fingerprint density at radius 2 is 1.94 bits per heavy atom. The molecule has 0 saturated carbocycles. The highest BCUT2D eigenvalue weighted by atomic mass is 16.1. The van der Waals surface area contributed by atoms with Crippen molar-refractivity contribution in [3.8, 4) is 0 Å². The molecule has 0 fully saturated rings. The maximum Gasteiger partial charge on any atom is 0.179 e. The van der Waals surface area contributed by atoms with E-state index in [2.05, 4.69) is 6.07 Å². The summed E-state index contributed by atoms with van der Waals surface area (Å²) >= 11 is 0. The summed E-state index contributed by atoms with van der Waals surface area (Å²) in [6, 6.07) is 5.67. The van der Waals surface area contributed by atoms with Crippen LogP contribution in [0.1, 0.15) is 41.8 Å². The number of benzene rings is 1. The van der Waals surface area contributed by atoms with Crippen LogP contribution in [0.15, 0.2) is 18.2 Å². The normalized spacial score (nSPS) is 16.2. The number of hydrogen-bond donors (Lipinski definition) is 1. The van der Waals surface area contributed by atoms with Gasteiger partial charge in [0.15, 0.2) is 5.78 Å². The Morgan fingerprint density at radius 3 is 2.62 bits per heavy atom. The molecule has 0 bridgehead atoms. The summed E-state index contributed by atoms with van der Waals surface area (Å²) in [7, 11) is 0. The van der Waals surface area contributed by atoms with Crippen molar-refractivity contribution >= 4 is 5.78 Å². The lowest BCUT2D eigenvalue weighted by molar-refractivity contribution is 0.0940. The molecule has 0 amide bonds. The van der Waals surface area contributed by atoms with Crippen molar-refractivity contribution in [2.75, 3.05) is 0 Å². The lowest BCUT2D eigenvalue weighted by atomic mass is 9.94. The largest absolute Gasteiger partial charge is 0.321 e. The number of Topliss-reactive ketones (excluding diaryl/α,β-unsaturated/α-hetero) is 1. The van der Waals surface area contributed by atoms with Crippen LogP contribution in [0.3, 0.4) is 0 Å². The predicted octanol–water partition coefficient (Wildman–Crippen LogP) is 2.34. The van der Waals surface area contributed by atoms with Crippen LogP contribution in [-0.4, -0.2) is 11.8 Å². The van der Waals surface area contributed by atoms with Gasteiger partial charge in [0.1, 0.15) is 0 Å². The van der Waals surface area contributed by atoms with Crippen LogP contribution >= 0.6 is 0 Å². The van der Waals surface area contributed by atoms with Crippen molar-refractivity contribution in [1.82, 2.24) is 0 Å². The molecular weight excluding hydrogens is 198 g/mol. The van der Waals surface area contributed by atoms with Gasteiger partial charge < -0.3 is 5.73 Å². The smallest absolute Gasteiger partial charge is 0.179 e. The summed E-state index contributed by atoms with van der Waals surface area (Å²) in [4.78, 5) is 12.1. The molecule has 1 atom stereocenters. The van der Waals surface area contributed by atoms with Crippen LogP contribution < -0.4 is 5.73 Å². The third-order valence-corrected chi connectivity index (χ3v) is 3.40. The maximum atomic E-state index is 12.1. The zero-order valence-electron chi connectivity index (χ0n) is 9.99. The van der Waals surface area contributed by atoms with Crippen LogP contribution in [0.2, 0.25) is 0 Å². The summed E-state index contributed by atoms with van der Waals surface area (Å²) in [6.45, 7) is 3.96. The SMILES string of the molecule is CC(C)C(N)C(=O)c1ccc2c(c1)CCC2. The second kappa shape index (κ2) is 4.38. The third kappa shape index (κ3) is 2.03. The first-order chi connectivity index (χ1) is 7.59. The van der Waals surface area contributed by atoms with Gasteiger partial charge in [-0.3, -0.25) is 4.79 Å². The van der Waals surface area contributed by atoms with Crippen LogP contribution in [0.25, 0.3) is 0 Å². The summed E-state index contributed by atoms with van der Waals surface area (Å²) in [6.07, 6.45) is 3.47. The van der Waals surface area contributed by atoms with Gasteiger partial charge in [0, 0.05) is 5.56 Å². The lowest BCUT2D eigenvalue weighted by Gasteiger charge is -2.14. The van der Waals surface area contributed by atoms with Crippen molar-refractivity contribution in [2.45, 2.75) is 39.2 Å². The first-order valence-electron chi connectivity index (χ1n) is 6.01. The first-order valence-corrected chi connectivity index (χ1v) is 6.01. The number of ketones is 1. The zero-order valence-corrected chi connectivity index (χ0v) is 9.99. The van der Waals surface area contributed by atoms with Gasteiger partial charge in [-0.05, 0) is 42.4 Å². The summed E-state index contributed by atoms with van der Waals surface area (Å²) in [5.74, 6) is 0.269. The molecule has 2 nitrogen and oxygen atoms in total. The van der Waals surface area contributed by atoms with E-state index in [1.165, 1.54) is 17.5 Å². The maximum absolute atomic E-state index is 12.1. The van der Waals surface area contributed by atoms with Crippen LogP contribution in [0.4, 0.5) is 0 Å². The predicted molar refractivity (Wildman–Crippen MR) is 65.6 cm³/mol. The second-order valence-electron chi connectivity index (χ2n) is 4.97. The van der Waals surface area contributed by atoms with Crippen LogP contribution in [0.5, 0.6) is 0 Å². The number of carbonyl (C=O) groups excluding carboxylic acids is 1. The number of nitrogens with two attached hydrogens (primary N) is 1. The minimum atomic E-state index is -0.376. The molecule has 0 radical (unpaired) electrons. The molecule has 0 aromatic heterocycles. The molecular formula is C14H19NO. The van der Waals surface area contributed by atoms with Crippen LogP contribution in [0, 0.1) is 5.92 Å². The molecule has 1 aromatic rings. The van der Waals surface area contributed by atoms with Gasteiger partial charge in [0.25, 0.3) is 0 Å². The number of carbonyl (C=O) groups is 1.